The number of anilines is 1. The molecule has 0 aliphatic heterocycles. The molecule has 0 aliphatic carbocycles. The molecule has 5 nitrogen and oxygen atoms in total. The molecular formula is C13H16N4OS. The van der Waals surface area contributed by atoms with Crippen molar-refractivity contribution in [1.82, 2.24) is 9.97 Å². The third-order valence-electron chi connectivity index (χ3n) is 2.64. The van der Waals surface area contributed by atoms with Gasteiger partial charge in [0.15, 0.2) is 5.13 Å². The fourth-order valence-electron chi connectivity index (χ4n) is 1.62. The minimum absolute atomic E-state index is 0.0324. The Morgan fingerprint density at radius 3 is 3.05 bits per heavy atom. The lowest BCUT2D eigenvalue weighted by molar-refractivity contribution is 0.104. The van der Waals surface area contributed by atoms with Gasteiger partial charge in [0, 0.05) is 24.0 Å². The maximum atomic E-state index is 12.3. The summed E-state index contributed by atoms with van der Waals surface area (Å²) in [5.74, 6) is -0.0324. The zero-order valence-corrected chi connectivity index (χ0v) is 11.5. The summed E-state index contributed by atoms with van der Waals surface area (Å²) in [4.78, 5) is 21.2. The minimum atomic E-state index is -0.0324. The Balaban J connectivity index is 2.10. The molecule has 0 saturated heterocycles. The molecule has 2 heterocycles. The van der Waals surface area contributed by atoms with E-state index in [4.69, 9.17) is 5.73 Å². The van der Waals surface area contributed by atoms with Crippen molar-refractivity contribution in [2.45, 2.75) is 13.3 Å². The van der Waals surface area contributed by atoms with Crippen molar-refractivity contribution >= 4 is 22.3 Å². The average Bonchev–Trinajstić information content (AvgIpc) is 2.88. The molecule has 0 radical (unpaired) electrons. The van der Waals surface area contributed by atoms with E-state index in [0.29, 0.717) is 17.0 Å². The fourth-order valence-corrected chi connectivity index (χ4v) is 2.41. The van der Waals surface area contributed by atoms with Crippen LogP contribution in [0.3, 0.4) is 0 Å². The molecule has 0 bridgehead atoms. The number of carbonyl (C=O) groups is 1. The van der Waals surface area contributed by atoms with E-state index in [2.05, 4.69) is 15.3 Å². The maximum Gasteiger partial charge on any atom is 0.206 e. The monoisotopic (exact) mass is 276 g/mol. The molecule has 100 valence electrons. The van der Waals surface area contributed by atoms with Crippen molar-refractivity contribution in [3.05, 3.63) is 40.7 Å². The standard InChI is InChI=1S/C13H16N4OS/c1-9-10(4-2-6-15-9)12(18)11-8-17-13(19-11)16-7-3-5-14/h2,4,6,8H,3,5,7,14H2,1H3,(H,16,17). The molecule has 6 heteroatoms. The lowest BCUT2D eigenvalue weighted by Gasteiger charge is -2.01. The van der Waals surface area contributed by atoms with Gasteiger partial charge in [0.05, 0.1) is 11.1 Å². The van der Waals surface area contributed by atoms with Crippen LogP contribution in [-0.4, -0.2) is 28.8 Å². The van der Waals surface area contributed by atoms with Gasteiger partial charge in [0.1, 0.15) is 0 Å². The Morgan fingerprint density at radius 2 is 2.32 bits per heavy atom. The van der Waals surface area contributed by atoms with Crippen LogP contribution in [0, 0.1) is 6.92 Å². The Morgan fingerprint density at radius 1 is 1.47 bits per heavy atom. The second-order valence-electron chi connectivity index (χ2n) is 4.06. The van der Waals surface area contributed by atoms with Crippen LogP contribution in [0.2, 0.25) is 0 Å². The molecule has 2 aromatic rings. The number of nitrogens with one attached hydrogen (secondary N) is 1. The number of rotatable bonds is 6. The number of nitrogens with two attached hydrogens (primary N) is 1. The van der Waals surface area contributed by atoms with Crippen LogP contribution < -0.4 is 11.1 Å². The zero-order chi connectivity index (χ0) is 13.7. The van der Waals surface area contributed by atoms with Crippen molar-refractivity contribution < 1.29 is 4.79 Å². The summed E-state index contributed by atoms with van der Waals surface area (Å²) < 4.78 is 0. The van der Waals surface area contributed by atoms with Crippen LogP contribution in [0.5, 0.6) is 0 Å². The topological polar surface area (TPSA) is 80.9 Å². The number of aromatic nitrogens is 2. The van der Waals surface area contributed by atoms with E-state index in [9.17, 15) is 4.79 Å². The summed E-state index contributed by atoms with van der Waals surface area (Å²) in [5, 5.41) is 3.89. The van der Waals surface area contributed by atoms with Gasteiger partial charge < -0.3 is 11.1 Å². The van der Waals surface area contributed by atoms with E-state index in [1.54, 1.807) is 24.5 Å². The molecule has 0 spiro atoms. The van der Waals surface area contributed by atoms with E-state index >= 15 is 0 Å². The van der Waals surface area contributed by atoms with Gasteiger partial charge >= 0.3 is 0 Å². The maximum absolute atomic E-state index is 12.3. The van der Waals surface area contributed by atoms with Crippen LogP contribution in [0.1, 0.15) is 27.3 Å². The summed E-state index contributed by atoms with van der Waals surface area (Å²) in [6.45, 7) is 3.23. The Labute approximate surface area is 115 Å². The number of aryl methyl sites for hydroxylation is 1. The number of hydrogen-bond donors (Lipinski definition) is 2. The van der Waals surface area contributed by atoms with Crippen molar-refractivity contribution in [2.24, 2.45) is 5.73 Å². The highest BCUT2D eigenvalue weighted by Crippen LogP contribution is 2.21. The first-order valence-corrected chi connectivity index (χ1v) is 6.90. The van der Waals surface area contributed by atoms with Gasteiger partial charge in [-0.25, -0.2) is 4.98 Å². The number of carbonyl (C=O) groups excluding carboxylic acids is 1. The lowest BCUT2D eigenvalue weighted by atomic mass is 10.1. The average molecular weight is 276 g/mol. The van der Waals surface area contributed by atoms with E-state index in [-0.39, 0.29) is 5.78 Å². The van der Waals surface area contributed by atoms with Crippen molar-refractivity contribution in [2.75, 3.05) is 18.4 Å². The molecule has 2 aromatic heterocycles. The highest BCUT2D eigenvalue weighted by atomic mass is 32.1. The van der Waals surface area contributed by atoms with E-state index < -0.39 is 0 Å². The number of hydrogen-bond acceptors (Lipinski definition) is 6. The number of nitrogens with zero attached hydrogens (tertiary/aromatic N) is 2. The lowest BCUT2D eigenvalue weighted by Crippen LogP contribution is -2.07. The van der Waals surface area contributed by atoms with Gasteiger partial charge in [-0.3, -0.25) is 9.78 Å². The predicted molar refractivity (Wildman–Crippen MR) is 76.7 cm³/mol. The van der Waals surface area contributed by atoms with Crippen LogP contribution >= 0.6 is 11.3 Å². The van der Waals surface area contributed by atoms with Crippen LogP contribution in [0.4, 0.5) is 5.13 Å². The highest BCUT2D eigenvalue weighted by Gasteiger charge is 2.15. The predicted octanol–water partition coefficient (Wildman–Crippen LogP) is 1.84. The molecule has 0 atom stereocenters. The molecule has 0 saturated carbocycles. The molecular weight excluding hydrogens is 260 g/mol. The Bertz CT molecular complexity index is 567. The van der Waals surface area contributed by atoms with Crippen LogP contribution in [0.25, 0.3) is 0 Å². The zero-order valence-electron chi connectivity index (χ0n) is 10.7. The first-order chi connectivity index (χ1) is 9.22. The third-order valence-corrected chi connectivity index (χ3v) is 3.59. The normalized spacial score (nSPS) is 10.4. The van der Waals surface area contributed by atoms with E-state index in [1.807, 2.05) is 6.92 Å². The smallest absolute Gasteiger partial charge is 0.206 e. The number of ketones is 1. The summed E-state index contributed by atoms with van der Waals surface area (Å²) in [6, 6.07) is 3.55. The SMILES string of the molecule is Cc1ncccc1C(=O)c1cnc(NCCCN)s1. The third kappa shape index (κ3) is 3.36. The van der Waals surface area contributed by atoms with Gasteiger partial charge in [-0.2, -0.15) is 0 Å². The fraction of sp³-hybridized carbons (Fsp3) is 0.308. The first-order valence-electron chi connectivity index (χ1n) is 6.08. The molecule has 0 aromatic carbocycles. The quantitative estimate of drug-likeness (QED) is 0.621. The van der Waals surface area contributed by atoms with Crippen molar-refractivity contribution in [3.8, 4) is 0 Å². The van der Waals surface area contributed by atoms with Gasteiger partial charge in [-0.15, -0.1) is 0 Å². The first kappa shape index (κ1) is 13.6. The molecule has 2 rings (SSSR count). The summed E-state index contributed by atoms with van der Waals surface area (Å²) >= 11 is 1.35. The largest absolute Gasteiger partial charge is 0.361 e. The number of thiazole rings is 1. The van der Waals surface area contributed by atoms with Crippen molar-refractivity contribution in [3.63, 3.8) is 0 Å². The Hall–Kier alpha value is -1.79. The summed E-state index contributed by atoms with van der Waals surface area (Å²) in [5.41, 5.74) is 6.78. The highest BCUT2D eigenvalue weighted by molar-refractivity contribution is 7.17. The number of pyridine rings is 1. The van der Waals surface area contributed by atoms with Gasteiger partial charge in [0.25, 0.3) is 0 Å². The summed E-state index contributed by atoms with van der Waals surface area (Å²) in [6.07, 6.45) is 4.16. The molecule has 19 heavy (non-hydrogen) atoms. The van der Waals surface area contributed by atoms with E-state index in [1.165, 1.54) is 11.3 Å². The molecule has 3 N–H and O–H groups in total. The van der Waals surface area contributed by atoms with Crippen molar-refractivity contribution in [1.29, 1.82) is 0 Å². The second-order valence-corrected chi connectivity index (χ2v) is 5.09. The second kappa shape index (κ2) is 6.40. The van der Waals surface area contributed by atoms with Gasteiger partial charge in [-0.05, 0) is 32.0 Å². The van der Waals surface area contributed by atoms with Gasteiger partial charge in [0.2, 0.25) is 5.78 Å². The van der Waals surface area contributed by atoms with E-state index in [0.717, 1.165) is 23.8 Å². The van der Waals surface area contributed by atoms with Gasteiger partial charge in [-0.1, -0.05) is 11.3 Å². The summed E-state index contributed by atoms with van der Waals surface area (Å²) in [7, 11) is 0. The molecule has 0 amide bonds. The minimum Gasteiger partial charge on any atom is -0.361 e. The molecule has 0 aliphatic rings. The molecule has 0 fully saturated rings. The van der Waals surface area contributed by atoms with Crippen LogP contribution in [-0.2, 0) is 0 Å². The Kier molecular flexibility index (Phi) is 4.59. The van der Waals surface area contributed by atoms with Crippen LogP contribution in [0.15, 0.2) is 24.5 Å². The molecule has 0 unspecified atom stereocenters.